The molecule has 0 unspecified atom stereocenters. The molecule has 1 fully saturated rings. The molecule has 26 heavy (non-hydrogen) atoms. The van der Waals surface area contributed by atoms with Crippen LogP contribution in [0.2, 0.25) is 5.02 Å². The predicted octanol–water partition coefficient (Wildman–Crippen LogP) is 3.34. The summed E-state index contributed by atoms with van der Waals surface area (Å²) >= 11 is 6.13. The summed E-state index contributed by atoms with van der Waals surface area (Å²) in [6.07, 6.45) is 4.16. The first kappa shape index (κ1) is 19.5. The lowest BCUT2D eigenvalue weighted by Crippen LogP contribution is -2.39. The van der Waals surface area contributed by atoms with Crippen LogP contribution >= 0.6 is 11.6 Å². The van der Waals surface area contributed by atoms with Gasteiger partial charge in [0.2, 0.25) is 5.91 Å². The molecular formula is C20H29ClN2O3. The van der Waals surface area contributed by atoms with Crippen LogP contribution in [0.4, 0.5) is 0 Å². The van der Waals surface area contributed by atoms with Crippen molar-refractivity contribution in [1.29, 1.82) is 0 Å². The zero-order chi connectivity index (χ0) is 18.5. The van der Waals surface area contributed by atoms with E-state index in [1.807, 2.05) is 30.1 Å². The lowest BCUT2D eigenvalue weighted by atomic mass is 10.1. The number of carbonyl (C=O) groups excluding carboxylic acids is 1. The van der Waals surface area contributed by atoms with E-state index in [0.29, 0.717) is 24.5 Å². The van der Waals surface area contributed by atoms with E-state index < -0.39 is 0 Å². The molecule has 0 aliphatic carbocycles. The zero-order valence-corrected chi connectivity index (χ0v) is 16.5. The van der Waals surface area contributed by atoms with Crippen molar-refractivity contribution < 1.29 is 14.3 Å². The van der Waals surface area contributed by atoms with Crippen LogP contribution in [0.3, 0.4) is 0 Å². The number of carbonyl (C=O) groups is 1. The van der Waals surface area contributed by atoms with Gasteiger partial charge in [-0.15, -0.1) is 0 Å². The lowest BCUT2D eigenvalue weighted by Gasteiger charge is -2.28. The Morgan fingerprint density at radius 1 is 1.38 bits per heavy atom. The van der Waals surface area contributed by atoms with Crippen LogP contribution in [0.15, 0.2) is 18.2 Å². The van der Waals surface area contributed by atoms with Crippen molar-refractivity contribution in [1.82, 2.24) is 9.80 Å². The summed E-state index contributed by atoms with van der Waals surface area (Å²) in [6, 6.07) is 5.74. The number of amides is 1. The average molecular weight is 381 g/mol. The third-order valence-electron chi connectivity index (χ3n) is 5.08. The van der Waals surface area contributed by atoms with E-state index in [2.05, 4.69) is 11.8 Å². The number of halogens is 1. The minimum atomic E-state index is 0.0842. The minimum absolute atomic E-state index is 0.0842. The van der Waals surface area contributed by atoms with Crippen molar-refractivity contribution in [2.24, 2.45) is 0 Å². The summed E-state index contributed by atoms with van der Waals surface area (Å²) in [5.74, 6) is 1.06. The van der Waals surface area contributed by atoms with Gasteiger partial charge in [0.15, 0.2) is 0 Å². The van der Waals surface area contributed by atoms with Crippen LogP contribution in [0.25, 0.3) is 0 Å². The van der Waals surface area contributed by atoms with E-state index in [9.17, 15) is 4.79 Å². The predicted molar refractivity (Wildman–Crippen MR) is 103 cm³/mol. The van der Waals surface area contributed by atoms with Gasteiger partial charge in [-0.2, -0.15) is 0 Å². The highest BCUT2D eigenvalue weighted by Crippen LogP contribution is 2.28. The Bertz CT molecular complexity index is 619. The highest BCUT2D eigenvalue weighted by molar-refractivity contribution is 6.30. The van der Waals surface area contributed by atoms with Gasteiger partial charge in [0, 0.05) is 56.8 Å². The molecule has 6 heteroatoms. The number of hydrogen-bond donors (Lipinski definition) is 0. The SMILES string of the molecule is C[C@H]1CN(CCC(=O)N(C)C[C@H]2CCCCO2)Cc2cc(Cl)ccc2O1. The Morgan fingerprint density at radius 2 is 2.23 bits per heavy atom. The van der Waals surface area contributed by atoms with Crippen LogP contribution in [-0.4, -0.2) is 61.2 Å². The molecular weight excluding hydrogens is 352 g/mol. The number of ether oxygens (including phenoxy) is 2. The molecule has 0 bridgehead atoms. The molecule has 0 spiro atoms. The van der Waals surface area contributed by atoms with Crippen LogP contribution in [0.5, 0.6) is 5.75 Å². The van der Waals surface area contributed by atoms with E-state index in [0.717, 1.165) is 43.9 Å². The van der Waals surface area contributed by atoms with Gasteiger partial charge in [-0.3, -0.25) is 9.69 Å². The van der Waals surface area contributed by atoms with Crippen LogP contribution in [0, 0.1) is 0 Å². The Labute approximate surface area is 161 Å². The van der Waals surface area contributed by atoms with Gasteiger partial charge in [0.1, 0.15) is 11.9 Å². The quantitative estimate of drug-likeness (QED) is 0.785. The highest BCUT2D eigenvalue weighted by atomic mass is 35.5. The molecule has 0 saturated carbocycles. The summed E-state index contributed by atoms with van der Waals surface area (Å²) in [4.78, 5) is 16.6. The molecule has 3 rings (SSSR count). The number of rotatable bonds is 5. The fourth-order valence-corrected chi connectivity index (χ4v) is 3.88. The van der Waals surface area contributed by atoms with E-state index in [4.69, 9.17) is 21.1 Å². The second kappa shape index (κ2) is 9.07. The van der Waals surface area contributed by atoms with Crippen molar-refractivity contribution in [3.8, 4) is 5.75 Å². The van der Waals surface area contributed by atoms with Crippen LogP contribution < -0.4 is 4.74 Å². The van der Waals surface area contributed by atoms with E-state index in [1.165, 1.54) is 6.42 Å². The van der Waals surface area contributed by atoms with Crippen LogP contribution in [0.1, 0.15) is 38.2 Å². The number of fused-ring (bicyclic) bond motifs is 1. The molecule has 2 aliphatic heterocycles. The molecule has 0 radical (unpaired) electrons. The molecule has 0 N–H and O–H groups in total. The van der Waals surface area contributed by atoms with Crippen LogP contribution in [-0.2, 0) is 16.1 Å². The topological polar surface area (TPSA) is 42.0 Å². The van der Waals surface area contributed by atoms with E-state index in [-0.39, 0.29) is 18.1 Å². The van der Waals surface area contributed by atoms with Gasteiger partial charge in [-0.1, -0.05) is 11.6 Å². The maximum atomic E-state index is 12.5. The van der Waals surface area contributed by atoms with Crippen molar-refractivity contribution in [2.45, 2.75) is 51.4 Å². The highest BCUT2D eigenvalue weighted by Gasteiger charge is 2.23. The molecule has 1 saturated heterocycles. The smallest absolute Gasteiger partial charge is 0.223 e. The Balaban J connectivity index is 1.52. The van der Waals surface area contributed by atoms with Crippen molar-refractivity contribution in [3.63, 3.8) is 0 Å². The second-order valence-corrected chi connectivity index (χ2v) is 7.86. The average Bonchev–Trinajstić information content (AvgIpc) is 2.77. The zero-order valence-electron chi connectivity index (χ0n) is 15.7. The summed E-state index contributed by atoms with van der Waals surface area (Å²) in [6.45, 7) is 5.84. The third kappa shape index (κ3) is 5.35. The Kier molecular flexibility index (Phi) is 6.79. The summed E-state index contributed by atoms with van der Waals surface area (Å²) < 4.78 is 11.7. The molecule has 0 aromatic heterocycles. The number of likely N-dealkylation sites (N-methyl/N-ethyl adjacent to an activating group) is 1. The van der Waals surface area contributed by atoms with E-state index in [1.54, 1.807) is 0 Å². The summed E-state index contributed by atoms with van der Waals surface area (Å²) in [5.41, 5.74) is 1.08. The first-order chi connectivity index (χ1) is 12.5. The molecule has 144 valence electrons. The maximum absolute atomic E-state index is 12.5. The maximum Gasteiger partial charge on any atom is 0.223 e. The first-order valence-electron chi connectivity index (χ1n) is 9.54. The first-order valence-corrected chi connectivity index (χ1v) is 9.92. The number of benzene rings is 1. The van der Waals surface area contributed by atoms with Gasteiger partial charge in [0.25, 0.3) is 0 Å². The molecule has 1 amide bonds. The van der Waals surface area contributed by atoms with Crippen molar-refractivity contribution >= 4 is 17.5 Å². The minimum Gasteiger partial charge on any atom is -0.489 e. The van der Waals surface area contributed by atoms with Gasteiger partial charge in [-0.05, 0) is 44.4 Å². The van der Waals surface area contributed by atoms with Crippen molar-refractivity contribution in [2.75, 3.05) is 33.3 Å². The largest absolute Gasteiger partial charge is 0.489 e. The second-order valence-electron chi connectivity index (χ2n) is 7.43. The fourth-order valence-electron chi connectivity index (χ4n) is 3.68. The molecule has 1 aromatic carbocycles. The third-order valence-corrected chi connectivity index (χ3v) is 5.31. The van der Waals surface area contributed by atoms with Gasteiger partial charge < -0.3 is 14.4 Å². The fraction of sp³-hybridized carbons (Fsp3) is 0.650. The van der Waals surface area contributed by atoms with Gasteiger partial charge >= 0.3 is 0 Å². The number of nitrogens with zero attached hydrogens (tertiary/aromatic N) is 2. The molecule has 2 heterocycles. The van der Waals surface area contributed by atoms with E-state index >= 15 is 0 Å². The summed E-state index contributed by atoms with van der Waals surface area (Å²) in [7, 11) is 1.88. The molecule has 2 atom stereocenters. The van der Waals surface area contributed by atoms with Gasteiger partial charge in [-0.25, -0.2) is 0 Å². The van der Waals surface area contributed by atoms with Crippen molar-refractivity contribution in [3.05, 3.63) is 28.8 Å². The normalized spacial score (nSPS) is 23.7. The summed E-state index contributed by atoms with van der Waals surface area (Å²) in [5, 5.41) is 0.713. The molecule has 5 nitrogen and oxygen atoms in total. The molecule has 2 aliphatic rings. The standard InChI is InChI=1S/C20H29ClN2O3/c1-15-12-23(13-16-11-17(21)6-7-19(16)26-15)9-8-20(24)22(2)14-18-5-3-4-10-25-18/h6-7,11,15,18H,3-5,8-10,12-14H2,1-2H3/t15-,18+/m0/s1. The Hall–Kier alpha value is -1.30. The monoisotopic (exact) mass is 380 g/mol. The Morgan fingerprint density at radius 3 is 3.00 bits per heavy atom. The van der Waals surface area contributed by atoms with Gasteiger partial charge in [0.05, 0.1) is 6.10 Å². The molecule has 1 aromatic rings. The number of hydrogen-bond acceptors (Lipinski definition) is 4. The lowest BCUT2D eigenvalue weighted by molar-refractivity contribution is -0.132.